The van der Waals surface area contributed by atoms with Crippen LogP contribution in [-0.2, 0) is 14.3 Å². The fourth-order valence-corrected chi connectivity index (χ4v) is 2.86. The van der Waals surface area contributed by atoms with Crippen LogP contribution in [0.5, 0.6) is 0 Å². The van der Waals surface area contributed by atoms with Gasteiger partial charge in [-0.3, -0.25) is 9.59 Å². The standard InChI is InChI=1S/C19H23NO3S/c1-13(2)11-20-19(22)14(3)23-18(21)12-24-17-9-8-15-6-4-5-7-16(15)10-17/h4-10,13-14H,11-12H2,1-3H3,(H,20,22). The maximum absolute atomic E-state index is 11.9. The molecular formula is C19H23NO3S. The molecule has 5 heteroatoms. The first-order valence-electron chi connectivity index (χ1n) is 8.04. The zero-order chi connectivity index (χ0) is 17.5. The van der Waals surface area contributed by atoms with Crippen molar-refractivity contribution in [2.45, 2.75) is 31.8 Å². The molecule has 4 nitrogen and oxygen atoms in total. The van der Waals surface area contributed by atoms with Gasteiger partial charge in [0.15, 0.2) is 6.10 Å². The van der Waals surface area contributed by atoms with E-state index >= 15 is 0 Å². The van der Waals surface area contributed by atoms with E-state index in [0.29, 0.717) is 12.5 Å². The van der Waals surface area contributed by atoms with E-state index in [1.807, 2.05) is 50.2 Å². The van der Waals surface area contributed by atoms with Crippen molar-refractivity contribution < 1.29 is 14.3 Å². The van der Waals surface area contributed by atoms with Crippen LogP contribution in [0.15, 0.2) is 47.4 Å². The van der Waals surface area contributed by atoms with Crippen LogP contribution in [0.2, 0.25) is 0 Å². The third kappa shape index (κ3) is 5.57. The van der Waals surface area contributed by atoms with Crippen molar-refractivity contribution in [3.05, 3.63) is 42.5 Å². The minimum Gasteiger partial charge on any atom is -0.452 e. The number of carbonyl (C=O) groups is 2. The largest absolute Gasteiger partial charge is 0.452 e. The SMILES string of the molecule is CC(C)CNC(=O)C(C)OC(=O)CSc1ccc2ccccc2c1. The molecule has 0 radical (unpaired) electrons. The Balaban J connectivity index is 1.82. The van der Waals surface area contributed by atoms with Gasteiger partial charge < -0.3 is 10.1 Å². The maximum Gasteiger partial charge on any atom is 0.317 e. The van der Waals surface area contributed by atoms with Crippen molar-refractivity contribution >= 4 is 34.4 Å². The van der Waals surface area contributed by atoms with Crippen molar-refractivity contribution in [1.29, 1.82) is 0 Å². The lowest BCUT2D eigenvalue weighted by Gasteiger charge is -2.14. The summed E-state index contributed by atoms with van der Waals surface area (Å²) in [5.74, 6) is -0.103. The van der Waals surface area contributed by atoms with Gasteiger partial charge in [-0.15, -0.1) is 11.8 Å². The molecule has 0 heterocycles. The normalized spacial score (nSPS) is 12.2. The van der Waals surface area contributed by atoms with Gasteiger partial charge >= 0.3 is 5.97 Å². The Morgan fingerprint density at radius 1 is 1.08 bits per heavy atom. The van der Waals surface area contributed by atoms with Gasteiger partial charge in [0.25, 0.3) is 5.91 Å². The summed E-state index contributed by atoms with van der Waals surface area (Å²) >= 11 is 1.41. The molecule has 0 fully saturated rings. The molecule has 0 aliphatic heterocycles. The van der Waals surface area contributed by atoms with E-state index in [4.69, 9.17) is 4.74 Å². The smallest absolute Gasteiger partial charge is 0.317 e. The molecule has 2 aromatic rings. The Bertz CT molecular complexity index is 715. The molecule has 0 saturated heterocycles. The van der Waals surface area contributed by atoms with E-state index in [9.17, 15) is 9.59 Å². The fourth-order valence-electron chi connectivity index (χ4n) is 2.13. The quantitative estimate of drug-likeness (QED) is 0.615. The number of benzene rings is 2. The summed E-state index contributed by atoms with van der Waals surface area (Å²) in [6, 6.07) is 14.1. The van der Waals surface area contributed by atoms with Crippen LogP contribution in [-0.4, -0.2) is 30.3 Å². The summed E-state index contributed by atoms with van der Waals surface area (Å²) in [5, 5.41) is 5.06. The minimum atomic E-state index is -0.770. The third-order valence-electron chi connectivity index (χ3n) is 3.44. The Labute approximate surface area is 147 Å². The molecule has 2 aromatic carbocycles. The summed E-state index contributed by atoms with van der Waals surface area (Å²) in [4.78, 5) is 24.7. The van der Waals surface area contributed by atoms with Gasteiger partial charge in [0, 0.05) is 11.4 Å². The number of esters is 1. The second kappa shape index (κ2) is 8.73. The molecule has 0 spiro atoms. The van der Waals surface area contributed by atoms with Crippen molar-refractivity contribution in [1.82, 2.24) is 5.32 Å². The van der Waals surface area contributed by atoms with Gasteiger partial charge in [0.2, 0.25) is 0 Å². The predicted molar refractivity (Wildman–Crippen MR) is 98.1 cm³/mol. The number of rotatable bonds is 7. The van der Waals surface area contributed by atoms with Crippen LogP contribution in [0.1, 0.15) is 20.8 Å². The summed E-state index contributed by atoms with van der Waals surface area (Å²) < 4.78 is 5.18. The van der Waals surface area contributed by atoms with Crippen molar-refractivity contribution in [3.63, 3.8) is 0 Å². The fraction of sp³-hybridized carbons (Fsp3) is 0.368. The number of nitrogens with one attached hydrogen (secondary N) is 1. The van der Waals surface area contributed by atoms with Gasteiger partial charge in [0.1, 0.15) is 0 Å². The number of fused-ring (bicyclic) bond motifs is 1. The third-order valence-corrected chi connectivity index (χ3v) is 4.41. The number of ether oxygens (including phenoxy) is 1. The molecular weight excluding hydrogens is 322 g/mol. The molecule has 0 aromatic heterocycles. The highest BCUT2D eigenvalue weighted by Gasteiger charge is 2.17. The Morgan fingerprint density at radius 3 is 2.50 bits per heavy atom. The predicted octanol–water partition coefficient (Wildman–Crippen LogP) is 3.64. The summed E-state index contributed by atoms with van der Waals surface area (Å²) in [6.07, 6.45) is -0.770. The molecule has 1 atom stereocenters. The van der Waals surface area contributed by atoms with Gasteiger partial charge in [-0.25, -0.2) is 0 Å². The molecule has 1 N–H and O–H groups in total. The average molecular weight is 345 g/mol. The van der Waals surface area contributed by atoms with E-state index in [-0.39, 0.29) is 17.6 Å². The lowest BCUT2D eigenvalue weighted by molar-refractivity contribution is -0.152. The van der Waals surface area contributed by atoms with Crippen molar-refractivity contribution in [2.75, 3.05) is 12.3 Å². The van der Waals surface area contributed by atoms with Crippen LogP contribution in [0, 0.1) is 5.92 Å². The average Bonchev–Trinajstić information content (AvgIpc) is 2.57. The van der Waals surface area contributed by atoms with E-state index in [0.717, 1.165) is 10.3 Å². The molecule has 0 aliphatic carbocycles. The second-order valence-corrected chi connectivity index (χ2v) is 7.12. The first-order valence-corrected chi connectivity index (χ1v) is 9.03. The summed E-state index contributed by atoms with van der Waals surface area (Å²) in [5.41, 5.74) is 0. The molecule has 0 aliphatic rings. The summed E-state index contributed by atoms with van der Waals surface area (Å²) in [6.45, 7) is 6.19. The lowest BCUT2D eigenvalue weighted by atomic mass is 10.1. The topological polar surface area (TPSA) is 55.4 Å². The number of hydrogen-bond donors (Lipinski definition) is 1. The summed E-state index contributed by atoms with van der Waals surface area (Å²) in [7, 11) is 0. The van der Waals surface area contributed by atoms with Crippen molar-refractivity contribution in [3.8, 4) is 0 Å². The number of carbonyl (C=O) groups excluding carboxylic acids is 2. The van der Waals surface area contributed by atoms with Crippen LogP contribution in [0.3, 0.4) is 0 Å². The molecule has 128 valence electrons. The second-order valence-electron chi connectivity index (χ2n) is 6.07. The van der Waals surface area contributed by atoms with Crippen molar-refractivity contribution in [2.24, 2.45) is 5.92 Å². The lowest BCUT2D eigenvalue weighted by Crippen LogP contribution is -2.37. The number of thioether (sulfide) groups is 1. The molecule has 1 unspecified atom stereocenters. The number of hydrogen-bond acceptors (Lipinski definition) is 4. The first kappa shape index (κ1) is 18.3. The Kier molecular flexibility index (Phi) is 6.67. The van der Waals surface area contributed by atoms with Crippen LogP contribution >= 0.6 is 11.8 Å². The van der Waals surface area contributed by atoms with E-state index in [1.54, 1.807) is 6.92 Å². The molecule has 1 amide bonds. The highest BCUT2D eigenvalue weighted by atomic mass is 32.2. The highest BCUT2D eigenvalue weighted by molar-refractivity contribution is 8.00. The first-order chi connectivity index (χ1) is 11.5. The van der Waals surface area contributed by atoms with E-state index < -0.39 is 6.10 Å². The van der Waals surface area contributed by atoms with Crippen LogP contribution < -0.4 is 5.32 Å². The molecule has 0 saturated carbocycles. The van der Waals surface area contributed by atoms with Crippen LogP contribution in [0.25, 0.3) is 10.8 Å². The van der Waals surface area contributed by atoms with Gasteiger partial charge in [0.05, 0.1) is 5.75 Å². The molecule has 2 rings (SSSR count). The van der Waals surface area contributed by atoms with Crippen LogP contribution in [0.4, 0.5) is 0 Å². The maximum atomic E-state index is 11.9. The van der Waals surface area contributed by atoms with E-state index in [2.05, 4.69) is 11.4 Å². The van der Waals surface area contributed by atoms with Gasteiger partial charge in [-0.1, -0.05) is 44.2 Å². The Morgan fingerprint density at radius 2 is 1.79 bits per heavy atom. The molecule has 0 bridgehead atoms. The molecule has 24 heavy (non-hydrogen) atoms. The van der Waals surface area contributed by atoms with Gasteiger partial charge in [-0.2, -0.15) is 0 Å². The number of amides is 1. The van der Waals surface area contributed by atoms with Gasteiger partial charge in [-0.05, 0) is 35.7 Å². The zero-order valence-corrected chi connectivity index (χ0v) is 15.1. The zero-order valence-electron chi connectivity index (χ0n) is 14.2. The van der Waals surface area contributed by atoms with E-state index in [1.165, 1.54) is 17.1 Å². The monoisotopic (exact) mass is 345 g/mol. The highest BCUT2D eigenvalue weighted by Crippen LogP contribution is 2.23. The minimum absolute atomic E-state index is 0.181. The Hall–Kier alpha value is -2.01.